The second-order valence-electron chi connectivity index (χ2n) is 4.47. The van der Waals surface area contributed by atoms with Crippen LogP contribution in [0.3, 0.4) is 0 Å². The van der Waals surface area contributed by atoms with E-state index in [2.05, 4.69) is 4.98 Å². The lowest BCUT2D eigenvalue weighted by molar-refractivity contribution is -0.138. The third-order valence-corrected chi connectivity index (χ3v) is 2.94. The maximum absolute atomic E-state index is 12.4. The maximum Gasteiger partial charge on any atom is 0.416 e. The summed E-state index contributed by atoms with van der Waals surface area (Å²) in [7, 11) is 0. The van der Waals surface area contributed by atoms with Crippen molar-refractivity contribution in [3.8, 4) is 0 Å². The molecule has 88 valence electrons. The molecule has 1 aromatic rings. The van der Waals surface area contributed by atoms with Crippen LogP contribution < -0.4 is 0 Å². The highest BCUT2D eigenvalue weighted by Crippen LogP contribution is 2.45. The molecule has 1 saturated carbocycles. The van der Waals surface area contributed by atoms with E-state index in [1.165, 1.54) is 0 Å². The molecule has 1 fully saturated rings. The second-order valence-corrected chi connectivity index (χ2v) is 4.47. The highest BCUT2D eigenvalue weighted by molar-refractivity contribution is 5.25. The Hall–Kier alpha value is -1.10. The predicted molar refractivity (Wildman–Crippen MR) is 51.5 cm³/mol. The Kier molecular flexibility index (Phi) is 2.45. The van der Waals surface area contributed by atoms with Crippen LogP contribution in [0, 0.1) is 5.92 Å². The third-order valence-electron chi connectivity index (χ3n) is 2.94. The van der Waals surface area contributed by atoms with Gasteiger partial charge in [0.15, 0.2) is 0 Å². The van der Waals surface area contributed by atoms with Crippen LogP contribution in [0.5, 0.6) is 0 Å². The first-order valence-corrected chi connectivity index (χ1v) is 5.07. The van der Waals surface area contributed by atoms with Gasteiger partial charge in [-0.1, -0.05) is 6.92 Å². The van der Waals surface area contributed by atoms with Crippen molar-refractivity contribution in [1.82, 2.24) is 4.98 Å². The van der Waals surface area contributed by atoms with Crippen molar-refractivity contribution in [1.29, 1.82) is 0 Å². The van der Waals surface area contributed by atoms with Crippen LogP contribution in [0.15, 0.2) is 18.3 Å². The Balaban J connectivity index is 2.30. The molecule has 2 nitrogen and oxygen atoms in total. The average molecular weight is 231 g/mol. The maximum atomic E-state index is 12.4. The van der Waals surface area contributed by atoms with Crippen LogP contribution in [0.4, 0.5) is 13.2 Å². The molecule has 1 aliphatic carbocycles. The molecule has 0 atom stereocenters. The Morgan fingerprint density at radius 2 is 2.06 bits per heavy atom. The van der Waals surface area contributed by atoms with Crippen LogP contribution in [-0.4, -0.2) is 10.1 Å². The fraction of sp³-hybridized carbons (Fsp3) is 0.545. The van der Waals surface area contributed by atoms with E-state index in [9.17, 15) is 18.3 Å². The molecule has 1 N–H and O–H groups in total. The van der Waals surface area contributed by atoms with Crippen molar-refractivity contribution in [2.75, 3.05) is 0 Å². The van der Waals surface area contributed by atoms with Crippen LogP contribution in [0.25, 0.3) is 0 Å². The molecule has 0 unspecified atom stereocenters. The molecule has 0 saturated heterocycles. The molecule has 0 aromatic carbocycles. The van der Waals surface area contributed by atoms with E-state index in [1.807, 2.05) is 6.92 Å². The molecule has 1 aromatic heterocycles. The Morgan fingerprint density at radius 3 is 2.56 bits per heavy atom. The molecule has 0 spiro atoms. The number of hydrogen-bond acceptors (Lipinski definition) is 2. The summed E-state index contributed by atoms with van der Waals surface area (Å²) in [6, 6.07) is 1.85. The van der Waals surface area contributed by atoms with E-state index >= 15 is 0 Å². The Bertz CT molecular complexity index is 396. The van der Waals surface area contributed by atoms with Gasteiger partial charge in [-0.2, -0.15) is 13.2 Å². The molecule has 1 aliphatic rings. The number of alkyl halides is 3. The van der Waals surface area contributed by atoms with E-state index < -0.39 is 17.3 Å². The molecule has 16 heavy (non-hydrogen) atoms. The van der Waals surface area contributed by atoms with Gasteiger partial charge in [0.1, 0.15) is 5.60 Å². The van der Waals surface area contributed by atoms with Gasteiger partial charge in [0, 0.05) is 6.20 Å². The molecule has 1 heterocycles. The van der Waals surface area contributed by atoms with Crippen molar-refractivity contribution in [3.63, 3.8) is 0 Å². The minimum Gasteiger partial charge on any atom is -0.384 e. The number of aromatic nitrogens is 1. The van der Waals surface area contributed by atoms with E-state index in [1.54, 1.807) is 0 Å². The highest BCUT2D eigenvalue weighted by atomic mass is 19.4. The van der Waals surface area contributed by atoms with Crippen molar-refractivity contribution in [2.45, 2.75) is 31.5 Å². The minimum atomic E-state index is -4.39. The van der Waals surface area contributed by atoms with Crippen LogP contribution >= 0.6 is 0 Å². The number of nitrogens with zero attached hydrogens (tertiary/aromatic N) is 1. The normalized spacial score (nSPS) is 29.9. The number of aliphatic hydroxyl groups is 1. The van der Waals surface area contributed by atoms with E-state index in [0.29, 0.717) is 18.8 Å². The molecular formula is C11H12F3NO. The zero-order valence-corrected chi connectivity index (χ0v) is 8.75. The summed E-state index contributed by atoms with van der Waals surface area (Å²) >= 11 is 0. The molecule has 0 bridgehead atoms. The summed E-state index contributed by atoms with van der Waals surface area (Å²) in [5.74, 6) is 0.335. The average Bonchev–Trinajstić information content (AvgIpc) is 2.14. The predicted octanol–water partition coefficient (Wildman–Crippen LogP) is 2.72. The first kappa shape index (κ1) is 11.4. The van der Waals surface area contributed by atoms with Gasteiger partial charge in [-0.05, 0) is 30.9 Å². The molecule has 5 heteroatoms. The lowest BCUT2D eigenvalue weighted by atomic mass is 9.70. The van der Waals surface area contributed by atoms with E-state index in [0.717, 1.165) is 18.3 Å². The van der Waals surface area contributed by atoms with Gasteiger partial charge in [0.25, 0.3) is 0 Å². The summed E-state index contributed by atoms with van der Waals surface area (Å²) in [6.07, 6.45) is -2.34. The van der Waals surface area contributed by atoms with Crippen molar-refractivity contribution >= 4 is 0 Å². The fourth-order valence-electron chi connectivity index (χ4n) is 2.16. The highest BCUT2D eigenvalue weighted by Gasteiger charge is 2.43. The van der Waals surface area contributed by atoms with Gasteiger partial charge in [-0.15, -0.1) is 0 Å². The van der Waals surface area contributed by atoms with Crippen molar-refractivity contribution < 1.29 is 18.3 Å². The van der Waals surface area contributed by atoms with Crippen molar-refractivity contribution in [3.05, 3.63) is 29.6 Å². The summed E-state index contributed by atoms with van der Waals surface area (Å²) in [4.78, 5) is 3.83. The summed E-state index contributed by atoms with van der Waals surface area (Å²) in [6.45, 7) is 1.95. The van der Waals surface area contributed by atoms with Gasteiger partial charge >= 0.3 is 6.18 Å². The van der Waals surface area contributed by atoms with E-state index in [-0.39, 0.29) is 5.69 Å². The monoisotopic (exact) mass is 231 g/mol. The molecular weight excluding hydrogens is 219 g/mol. The fourth-order valence-corrected chi connectivity index (χ4v) is 2.16. The zero-order valence-electron chi connectivity index (χ0n) is 8.75. The van der Waals surface area contributed by atoms with Crippen LogP contribution in [0.2, 0.25) is 0 Å². The Morgan fingerprint density at radius 1 is 1.44 bits per heavy atom. The molecule has 2 rings (SSSR count). The summed E-state index contributed by atoms with van der Waals surface area (Å²) in [5, 5.41) is 10.0. The van der Waals surface area contributed by atoms with Gasteiger partial charge in [0.05, 0.1) is 11.3 Å². The van der Waals surface area contributed by atoms with Gasteiger partial charge in [-0.3, -0.25) is 4.98 Å². The number of pyridine rings is 1. The Labute approximate surface area is 91.1 Å². The molecule has 0 aliphatic heterocycles. The molecule has 0 radical (unpaired) electrons. The largest absolute Gasteiger partial charge is 0.416 e. The summed E-state index contributed by atoms with van der Waals surface area (Å²) < 4.78 is 37.3. The van der Waals surface area contributed by atoms with Gasteiger partial charge in [-0.25, -0.2) is 0 Å². The van der Waals surface area contributed by atoms with Gasteiger partial charge < -0.3 is 5.11 Å². The molecule has 0 amide bonds. The lowest BCUT2D eigenvalue weighted by Crippen LogP contribution is -2.40. The second kappa shape index (κ2) is 3.45. The quantitative estimate of drug-likeness (QED) is 0.806. The van der Waals surface area contributed by atoms with Crippen LogP contribution in [0.1, 0.15) is 31.0 Å². The van der Waals surface area contributed by atoms with Gasteiger partial charge in [0.2, 0.25) is 0 Å². The standard InChI is InChI=1S/C11H12F3NO/c1-7-5-10(16,6-7)9-4-8(2-3-15-9)11(12,13)14/h2-4,7,16H,5-6H2,1H3. The van der Waals surface area contributed by atoms with E-state index in [4.69, 9.17) is 0 Å². The first-order valence-electron chi connectivity index (χ1n) is 5.07. The first-order chi connectivity index (χ1) is 7.31. The zero-order chi connectivity index (χ0) is 12.0. The minimum absolute atomic E-state index is 0.125. The van der Waals surface area contributed by atoms with Crippen molar-refractivity contribution in [2.24, 2.45) is 5.92 Å². The topological polar surface area (TPSA) is 33.1 Å². The lowest BCUT2D eigenvalue weighted by Gasteiger charge is -2.41. The SMILES string of the molecule is CC1CC(O)(c2cc(C(F)(F)F)ccn2)C1. The number of rotatable bonds is 1. The third kappa shape index (κ3) is 1.91. The number of hydrogen-bond donors (Lipinski definition) is 1. The van der Waals surface area contributed by atoms with Crippen LogP contribution in [-0.2, 0) is 11.8 Å². The number of halogens is 3. The smallest absolute Gasteiger partial charge is 0.384 e. The summed E-state index contributed by atoms with van der Waals surface area (Å²) in [5.41, 5.74) is -1.80.